The maximum absolute atomic E-state index is 12.8. The fourth-order valence-corrected chi connectivity index (χ4v) is 2.37. The Morgan fingerprint density at radius 2 is 1.68 bits per heavy atom. The lowest BCUT2D eigenvalue weighted by molar-refractivity contribution is -0.142. The lowest BCUT2D eigenvalue weighted by atomic mass is 10.1. The average molecular weight is 385 g/mol. The fraction of sp³-hybridized carbons (Fsp3) is 0.238. The zero-order chi connectivity index (χ0) is 20.5. The Hall–Kier alpha value is -3.35. The highest BCUT2D eigenvalue weighted by Crippen LogP contribution is 2.12. The van der Waals surface area contributed by atoms with Crippen LogP contribution in [0.5, 0.6) is 0 Å². The highest BCUT2D eigenvalue weighted by molar-refractivity contribution is 5.98. The average Bonchev–Trinajstić information content (AvgIpc) is 2.66. The Kier molecular flexibility index (Phi) is 7.56. The standard InChI is InChI=1S/C21H20FNO5/c1-14(24)16-4-2-5-18(12-16)23-20(26)6-3-7-21(27)28-13-19(25)15-8-10-17(22)11-9-15/h2,4-5,8-12H,3,6-7,13H2,1H3,(H,23,26). The van der Waals surface area contributed by atoms with Crippen LogP contribution in [0.15, 0.2) is 48.5 Å². The molecule has 2 aromatic rings. The molecule has 28 heavy (non-hydrogen) atoms. The van der Waals surface area contributed by atoms with E-state index in [4.69, 9.17) is 4.74 Å². The van der Waals surface area contributed by atoms with Crippen LogP contribution in [0, 0.1) is 5.82 Å². The summed E-state index contributed by atoms with van der Waals surface area (Å²) in [7, 11) is 0. The second-order valence-electron chi connectivity index (χ2n) is 6.13. The van der Waals surface area contributed by atoms with Crippen LogP contribution in [0.25, 0.3) is 0 Å². The van der Waals surface area contributed by atoms with Crippen molar-refractivity contribution in [3.63, 3.8) is 0 Å². The smallest absolute Gasteiger partial charge is 0.306 e. The first-order chi connectivity index (χ1) is 13.3. The first-order valence-electron chi connectivity index (χ1n) is 8.70. The molecule has 0 saturated heterocycles. The summed E-state index contributed by atoms with van der Waals surface area (Å²) in [5.41, 5.74) is 1.25. The minimum Gasteiger partial charge on any atom is -0.457 e. The summed E-state index contributed by atoms with van der Waals surface area (Å²) in [6.07, 6.45) is 0.324. The van der Waals surface area contributed by atoms with E-state index in [-0.39, 0.29) is 36.5 Å². The molecule has 0 aliphatic carbocycles. The van der Waals surface area contributed by atoms with Gasteiger partial charge in [0.05, 0.1) is 0 Å². The summed E-state index contributed by atoms with van der Waals surface area (Å²) in [6.45, 7) is 1.00. The molecule has 0 fully saturated rings. The van der Waals surface area contributed by atoms with E-state index in [0.717, 1.165) is 12.1 Å². The number of esters is 1. The molecule has 0 radical (unpaired) electrons. The van der Waals surface area contributed by atoms with Gasteiger partial charge in [0.25, 0.3) is 0 Å². The van der Waals surface area contributed by atoms with Crippen LogP contribution >= 0.6 is 0 Å². The highest BCUT2D eigenvalue weighted by Gasteiger charge is 2.11. The number of carbonyl (C=O) groups is 4. The lowest BCUT2D eigenvalue weighted by Gasteiger charge is -2.07. The molecule has 0 unspecified atom stereocenters. The van der Waals surface area contributed by atoms with Crippen molar-refractivity contribution in [2.75, 3.05) is 11.9 Å². The molecule has 1 amide bonds. The first kappa shape index (κ1) is 21.0. The predicted molar refractivity (Wildman–Crippen MR) is 101 cm³/mol. The van der Waals surface area contributed by atoms with E-state index in [2.05, 4.69) is 5.32 Å². The van der Waals surface area contributed by atoms with Crippen LogP contribution in [0.4, 0.5) is 10.1 Å². The van der Waals surface area contributed by atoms with Crippen LogP contribution in [0.1, 0.15) is 46.9 Å². The molecule has 146 valence electrons. The van der Waals surface area contributed by atoms with Gasteiger partial charge in [0.15, 0.2) is 18.2 Å². The summed E-state index contributed by atoms with van der Waals surface area (Å²) >= 11 is 0. The molecular weight excluding hydrogens is 365 g/mol. The summed E-state index contributed by atoms with van der Waals surface area (Å²) in [5, 5.41) is 2.66. The van der Waals surface area contributed by atoms with Gasteiger partial charge in [-0.05, 0) is 49.7 Å². The van der Waals surface area contributed by atoms with Crippen molar-refractivity contribution in [3.8, 4) is 0 Å². The zero-order valence-electron chi connectivity index (χ0n) is 15.4. The van der Waals surface area contributed by atoms with E-state index in [1.807, 2.05) is 0 Å². The summed E-state index contributed by atoms with van der Waals surface area (Å²) in [4.78, 5) is 46.8. The zero-order valence-corrected chi connectivity index (χ0v) is 15.4. The van der Waals surface area contributed by atoms with Gasteiger partial charge in [-0.3, -0.25) is 19.2 Å². The second-order valence-corrected chi connectivity index (χ2v) is 6.13. The van der Waals surface area contributed by atoms with Crippen LogP contribution in [-0.4, -0.2) is 30.0 Å². The molecule has 0 aliphatic rings. The number of anilines is 1. The van der Waals surface area contributed by atoms with Crippen LogP contribution in [0.2, 0.25) is 0 Å². The van der Waals surface area contributed by atoms with Gasteiger partial charge in [-0.15, -0.1) is 0 Å². The highest BCUT2D eigenvalue weighted by atomic mass is 19.1. The predicted octanol–water partition coefficient (Wildman–Crippen LogP) is 3.56. The summed E-state index contributed by atoms with van der Waals surface area (Å²) < 4.78 is 17.7. The molecule has 2 aromatic carbocycles. The fourth-order valence-electron chi connectivity index (χ4n) is 2.37. The Morgan fingerprint density at radius 3 is 2.36 bits per heavy atom. The number of amides is 1. The number of benzene rings is 2. The third-order valence-electron chi connectivity index (χ3n) is 3.87. The first-order valence-corrected chi connectivity index (χ1v) is 8.70. The third kappa shape index (κ3) is 6.75. The molecular formula is C21H20FNO5. The minimum absolute atomic E-state index is 0.0163. The Bertz CT molecular complexity index is 877. The second kappa shape index (κ2) is 10.1. The molecule has 1 N–H and O–H groups in total. The third-order valence-corrected chi connectivity index (χ3v) is 3.87. The van der Waals surface area contributed by atoms with E-state index in [9.17, 15) is 23.6 Å². The minimum atomic E-state index is -0.596. The van der Waals surface area contributed by atoms with E-state index >= 15 is 0 Å². The van der Waals surface area contributed by atoms with E-state index in [0.29, 0.717) is 11.3 Å². The number of nitrogens with one attached hydrogen (secondary N) is 1. The van der Waals surface area contributed by atoms with E-state index in [1.54, 1.807) is 24.3 Å². The molecule has 0 aromatic heterocycles. The summed E-state index contributed by atoms with van der Waals surface area (Å²) in [5.74, 6) is -1.89. The summed E-state index contributed by atoms with van der Waals surface area (Å²) in [6, 6.07) is 11.5. The van der Waals surface area contributed by atoms with Gasteiger partial charge < -0.3 is 10.1 Å². The molecule has 0 saturated carbocycles. The van der Waals surface area contributed by atoms with Crippen molar-refractivity contribution in [3.05, 3.63) is 65.5 Å². The number of hydrogen-bond donors (Lipinski definition) is 1. The SMILES string of the molecule is CC(=O)c1cccc(NC(=O)CCCC(=O)OCC(=O)c2ccc(F)cc2)c1. The molecule has 0 spiro atoms. The number of Topliss-reactive ketones (excluding diaryl/α,β-unsaturated/α-hetero) is 2. The number of ketones is 2. The van der Waals surface area contributed by atoms with Crippen LogP contribution in [0.3, 0.4) is 0 Å². The molecule has 0 bridgehead atoms. The Morgan fingerprint density at radius 1 is 0.964 bits per heavy atom. The Labute approximate surface area is 161 Å². The van der Waals surface area contributed by atoms with Gasteiger partial charge in [0.1, 0.15) is 5.82 Å². The van der Waals surface area contributed by atoms with Gasteiger partial charge in [-0.2, -0.15) is 0 Å². The van der Waals surface area contributed by atoms with Gasteiger partial charge >= 0.3 is 5.97 Å². The van der Waals surface area contributed by atoms with Crippen LogP contribution < -0.4 is 5.32 Å². The quantitative estimate of drug-likeness (QED) is 0.527. The van der Waals surface area contributed by atoms with Crippen molar-refractivity contribution < 1.29 is 28.3 Å². The number of carbonyl (C=O) groups excluding carboxylic acids is 4. The lowest BCUT2D eigenvalue weighted by Crippen LogP contribution is -2.15. The van der Waals surface area contributed by atoms with Crippen molar-refractivity contribution in [1.29, 1.82) is 0 Å². The normalized spacial score (nSPS) is 10.2. The monoisotopic (exact) mass is 385 g/mol. The van der Waals surface area contributed by atoms with Gasteiger partial charge in [0.2, 0.25) is 5.91 Å². The topological polar surface area (TPSA) is 89.5 Å². The largest absolute Gasteiger partial charge is 0.457 e. The van der Waals surface area contributed by atoms with Crippen LogP contribution in [-0.2, 0) is 14.3 Å². The molecule has 0 atom stereocenters. The molecule has 6 nitrogen and oxygen atoms in total. The number of hydrogen-bond acceptors (Lipinski definition) is 5. The van der Waals surface area contributed by atoms with E-state index < -0.39 is 24.2 Å². The molecule has 7 heteroatoms. The van der Waals surface area contributed by atoms with Crippen molar-refractivity contribution >= 4 is 29.1 Å². The molecule has 0 heterocycles. The number of rotatable bonds is 9. The molecule has 0 aliphatic heterocycles. The number of halogens is 1. The van der Waals surface area contributed by atoms with Gasteiger partial charge in [-0.25, -0.2) is 4.39 Å². The van der Waals surface area contributed by atoms with E-state index in [1.165, 1.54) is 19.1 Å². The van der Waals surface area contributed by atoms with Crippen molar-refractivity contribution in [2.24, 2.45) is 0 Å². The molecule has 2 rings (SSSR count). The van der Waals surface area contributed by atoms with Crippen molar-refractivity contribution in [2.45, 2.75) is 26.2 Å². The maximum Gasteiger partial charge on any atom is 0.306 e. The maximum atomic E-state index is 12.8. The van der Waals surface area contributed by atoms with Gasteiger partial charge in [-0.1, -0.05) is 12.1 Å². The van der Waals surface area contributed by atoms with Gasteiger partial charge in [0, 0.05) is 29.7 Å². The number of ether oxygens (including phenoxy) is 1. The van der Waals surface area contributed by atoms with Crippen molar-refractivity contribution in [1.82, 2.24) is 0 Å². The Balaban J connectivity index is 1.69.